The minimum atomic E-state index is -0.00697. The van der Waals surface area contributed by atoms with E-state index in [-0.39, 0.29) is 17.7 Å². The van der Waals surface area contributed by atoms with Gasteiger partial charge >= 0.3 is 0 Å². The molecule has 2 aromatic heterocycles. The molecule has 1 aliphatic heterocycles. The number of nitrogens with one attached hydrogen (secondary N) is 2. The van der Waals surface area contributed by atoms with E-state index in [0.717, 1.165) is 34.4 Å². The summed E-state index contributed by atoms with van der Waals surface area (Å²) in [5.41, 5.74) is 3.93. The van der Waals surface area contributed by atoms with Gasteiger partial charge in [-0.15, -0.1) is 0 Å². The SMILES string of the molecule is O=C1N=C(Nc2nc3cc(-c4cccnc4)ccc3[nH]2)C2CC12. The summed E-state index contributed by atoms with van der Waals surface area (Å²) in [6.45, 7) is 0. The average molecular weight is 303 g/mol. The number of hydrogen-bond acceptors (Lipinski definition) is 4. The van der Waals surface area contributed by atoms with Gasteiger partial charge in [-0.1, -0.05) is 12.1 Å². The van der Waals surface area contributed by atoms with Crippen LogP contribution in [0.3, 0.4) is 0 Å². The third kappa shape index (κ3) is 2.03. The van der Waals surface area contributed by atoms with Gasteiger partial charge in [0.2, 0.25) is 5.95 Å². The highest BCUT2D eigenvalue weighted by Crippen LogP contribution is 2.45. The number of aromatic amines is 1. The molecule has 3 aromatic rings. The van der Waals surface area contributed by atoms with Crippen LogP contribution in [-0.2, 0) is 4.79 Å². The minimum absolute atomic E-state index is 0.00697. The summed E-state index contributed by atoms with van der Waals surface area (Å²) in [4.78, 5) is 27.5. The largest absolute Gasteiger partial charge is 0.324 e. The summed E-state index contributed by atoms with van der Waals surface area (Å²) < 4.78 is 0. The van der Waals surface area contributed by atoms with Crippen LogP contribution in [0.25, 0.3) is 22.2 Å². The molecular weight excluding hydrogens is 290 g/mol. The Bertz CT molecular complexity index is 960. The number of aromatic nitrogens is 3. The molecule has 23 heavy (non-hydrogen) atoms. The van der Waals surface area contributed by atoms with Crippen molar-refractivity contribution in [1.82, 2.24) is 15.0 Å². The highest BCUT2D eigenvalue weighted by molar-refractivity contribution is 6.13. The first-order valence-corrected chi connectivity index (χ1v) is 7.57. The molecule has 3 heterocycles. The second-order valence-corrected chi connectivity index (χ2v) is 5.97. The fraction of sp³-hybridized carbons (Fsp3) is 0.176. The highest BCUT2D eigenvalue weighted by atomic mass is 16.1. The fourth-order valence-corrected chi connectivity index (χ4v) is 3.07. The van der Waals surface area contributed by atoms with Crippen LogP contribution in [0, 0.1) is 11.8 Å². The van der Waals surface area contributed by atoms with E-state index in [2.05, 4.69) is 25.3 Å². The molecule has 1 aliphatic carbocycles. The molecule has 1 amide bonds. The molecule has 0 spiro atoms. The van der Waals surface area contributed by atoms with Crippen LogP contribution in [-0.4, -0.2) is 26.7 Å². The number of nitrogens with zero attached hydrogens (tertiary/aromatic N) is 3. The van der Waals surface area contributed by atoms with E-state index in [1.807, 2.05) is 36.5 Å². The Balaban J connectivity index is 1.48. The summed E-state index contributed by atoms with van der Waals surface area (Å²) in [5, 5.41) is 3.16. The van der Waals surface area contributed by atoms with E-state index in [1.54, 1.807) is 6.20 Å². The predicted octanol–water partition coefficient (Wildman–Crippen LogP) is 2.61. The molecule has 0 bridgehead atoms. The zero-order valence-corrected chi connectivity index (χ0v) is 12.2. The molecule has 0 radical (unpaired) electrons. The Morgan fingerprint density at radius 1 is 1.17 bits per heavy atom. The first kappa shape index (κ1) is 12.5. The van der Waals surface area contributed by atoms with Gasteiger partial charge in [0, 0.05) is 23.9 Å². The maximum Gasteiger partial charge on any atom is 0.251 e. The van der Waals surface area contributed by atoms with Crippen LogP contribution >= 0.6 is 0 Å². The van der Waals surface area contributed by atoms with Gasteiger partial charge in [-0.05, 0) is 30.2 Å². The topological polar surface area (TPSA) is 83.0 Å². The lowest BCUT2D eigenvalue weighted by Crippen LogP contribution is -2.13. The van der Waals surface area contributed by atoms with Crippen molar-refractivity contribution in [3.63, 3.8) is 0 Å². The number of H-pyrrole nitrogens is 1. The van der Waals surface area contributed by atoms with E-state index >= 15 is 0 Å². The Kier molecular flexibility index (Phi) is 2.44. The molecule has 2 atom stereocenters. The summed E-state index contributed by atoms with van der Waals surface area (Å²) >= 11 is 0. The first-order chi connectivity index (χ1) is 11.3. The van der Waals surface area contributed by atoms with Crippen molar-refractivity contribution in [1.29, 1.82) is 0 Å². The van der Waals surface area contributed by atoms with E-state index in [4.69, 9.17) is 0 Å². The van der Waals surface area contributed by atoms with Crippen LogP contribution < -0.4 is 5.32 Å². The zero-order valence-electron chi connectivity index (χ0n) is 12.2. The van der Waals surface area contributed by atoms with Crippen molar-refractivity contribution in [2.24, 2.45) is 16.8 Å². The third-order valence-corrected chi connectivity index (χ3v) is 4.41. The van der Waals surface area contributed by atoms with Crippen molar-refractivity contribution in [3.05, 3.63) is 42.7 Å². The van der Waals surface area contributed by atoms with Gasteiger partial charge in [-0.3, -0.25) is 9.78 Å². The standard InChI is InChI=1S/C17H13N5O/c23-16-12-7-11(12)15(21-16)22-17-19-13-4-3-9(6-14(13)20-17)10-2-1-5-18-8-10/h1-6,8,11-12H,7H2,(H2,19,20,21,22,23). The number of aliphatic imine (C=N–C) groups is 1. The molecule has 1 saturated carbocycles. The lowest BCUT2D eigenvalue weighted by molar-refractivity contribution is -0.118. The molecule has 0 saturated heterocycles. The molecule has 112 valence electrons. The Hall–Kier alpha value is -3.02. The van der Waals surface area contributed by atoms with Crippen LogP contribution in [0.15, 0.2) is 47.7 Å². The number of hydrogen-bond donors (Lipinski definition) is 2. The highest BCUT2D eigenvalue weighted by Gasteiger charge is 2.51. The maximum absolute atomic E-state index is 11.5. The van der Waals surface area contributed by atoms with Crippen LogP contribution in [0.2, 0.25) is 0 Å². The van der Waals surface area contributed by atoms with Crippen molar-refractivity contribution >= 4 is 28.7 Å². The molecule has 2 unspecified atom stereocenters. The number of carbonyl (C=O) groups excluding carboxylic acids is 1. The smallest absolute Gasteiger partial charge is 0.251 e. The fourth-order valence-electron chi connectivity index (χ4n) is 3.07. The molecule has 2 aliphatic rings. The second-order valence-electron chi connectivity index (χ2n) is 5.97. The summed E-state index contributed by atoms with van der Waals surface area (Å²) in [6, 6.07) is 9.99. The maximum atomic E-state index is 11.5. The van der Waals surface area contributed by atoms with Crippen molar-refractivity contribution < 1.29 is 4.79 Å². The lowest BCUT2D eigenvalue weighted by Gasteiger charge is -2.00. The van der Waals surface area contributed by atoms with Gasteiger partial charge in [0.05, 0.1) is 17.0 Å². The molecular formula is C17H13N5O. The number of benzene rings is 1. The Morgan fingerprint density at radius 2 is 2.13 bits per heavy atom. The number of amidine groups is 1. The van der Waals surface area contributed by atoms with Gasteiger partial charge in [-0.25, -0.2) is 4.98 Å². The monoisotopic (exact) mass is 303 g/mol. The first-order valence-electron chi connectivity index (χ1n) is 7.57. The number of rotatable bonds is 2. The summed E-state index contributed by atoms with van der Waals surface area (Å²) in [6.07, 6.45) is 4.50. The van der Waals surface area contributed by atoms with E-state index < -0.39 is 0 Å². The van der Waals surface area contributed by atoms with E-state index in [0.29, 0.717) is 5.95 Å². The molecule has 1 fully saturated rings. The third-order valence-electron chi connectivity index (χ3n) is 4.41. The van der Waals surface area contributed by atoms with Crippen LogP contribution in [0.1, 0.15) is 6.42 Å². The minimum Gasteiger partial charge on any atom is -0.324 e. The average Bonchev–Trinajstić information content (AvgIpc) is 3.19. The van der Waals surface area contributed by atoms with Crippen LogP contribution in [0.5, 0.6) is 0 Å². The Labute approximate surface area is 131 Å². The summed E-state index contributed by atoms with van der Waals surface area (Å²) in [5.74, 6) is 1.74. The molecule has 5 rings (SSSR count). The van der Waals surface area contributed by atoms with Crippen molar-refractivity contribution in [2.45, 2.75) is 6.42 Å². The van der Waals surface area contributed by atoms with Crippen molar-refractivity contribution in [3.8, 4) is 11.1 Å². The molecule has 1 aromatic carbocycles. The van der Waals surface area contributed by atoms with Gasteiger partial charge in [0.1, 0.15) is 5.84 Å². The molecule has 6 nitrogen and oxygen atoms in total. The molecule has 2 N–H and O–H groups in total. The number of imidazole rings is 1. The normalized spacial score (nSPS) is 22.1. The number of pyridine rings is 1. The van der Waals surface area contributed by atoms with Gasteiger partial charge < -0.3 is 10.3 Å². The number of amides is 1. The van der Waals surface area contributed by atoms with Crippen molar-refractivity contribution in [2.75, 3.05) is 5.32 Å². The Morgan fingerprint density at radius 3 is 2.87 bits per heavy atom. The summed E-state index contributed by atoms with van der Waals surface area (Å²) in [7, 11) is 0. The van der Waals surface area contributed by atoms with Crippen LogP contribution in [0.4, 0.5) is 5.95 Å². The van der Waals surface area contributed by atoms with Gasteiger partial charge in [0.25, 0.3) is 5.91 Å². The number of fused-ring (bicyclic) bond motifs is 2. The zero-order chi connectivity index (χ0) is 15.4. The quantitative estimate of drug-likeness (QED) is 0.762. The van der Waals surface area contributed by atoms with E-state index in [9.17, 15) is 4.79 Å². The number of anilines is 1. The van der Waals surface area contributed by atoms with Gasteiger partial charge in [0.15, 0.2) is 0 Å². The predicted molar refractivity (Wildman–Crippen MR) is 87.0 cm³/mol. The van der Waals surface area contributed by atoms with Gasteiger partial charge in [-0.2, -0.15) is 4.99 Å². The molecule has 6 heteroatoms. The second kappa shape index (κ2) is 4.49. The van der Waals surface area contributed by atoms with E-state index in [1.165, 1.54) is 0 Å². The number of carbonyl (C=O) groups is 1. The lowest BCUT2D eigenvalue weighted by atomic mass is 10.1.